The largest absolute Gasteiger partial charge is 0.488 e. The summed E-state index contributed by atoms with van der Waals surface area (Å²) >= 11 is 12.2. The zero-order valence-electron chi connectivity index (χ0n) is 10.8. The second-order valence-corrected chi connectivity index (χ2v) is 5.65. The number of ether oxygens (including phenoxy) is 1. The second-order valence-electron chi connectivity index (χ2n) is 4.97. The fourth-order valence-corrected chi connectivity index (χ4v) is 3.19. The first-order valence-corrected chi connectivity index (χ1v) is 7.67. The molecule has 1 fully saturated rings. The maximum Gasteiger partial charge on any atom is 0.142 e. The summed E-state index contributed by atoms with van der Waals surface area (Å²) in [4.78, 5) is 0. The summed E-state index contributed by atoms with van der Waals surface area (Å²) in [6.07, 6.45) is 6.44. The molecule has 0 aliphatic heterocycles. The molecule has 1 saturated carbocycles. The van der Waals surface area contributed by atoms with Crippen molar-refractivity contribution >= 4 is 23.2 Å². The Morgan fingerprint density at radius 1 is 1.28 bits per heavy atom. The van der Waals surface area contributed by atoms with E-state index in [0.717, 1.165) is 17.7 Å². The SMILES string of the molecule is CCC1CCCCC1Oc1c(Cl)cccc1CCl. The Balaban J connectivity index is 2.17. The van der Waals surface area contributed by atoms with Crippen LogP contribution < -0.4 is 4.74 Å². The molecule has 18 heavy (non-hydrogen) atoms. The summed E-state index contributed by atoms with van der Waals surface area (Å²) in [5.74, 6) is 1.89. The molecular weight excluding hydrogens is 267 g/mol. The van der Waals surface area contributed by atoms with Crippen LogP contribution in [0, 0.1) is 5.92 Å². The fourth-order valence-electron chi connectivity index (χ4n) is 2.74. The Kier molecular flexibility index (Phi) is 5.20. The van der Waals surface area contributed by atoms with Crippen LogP contribution in [0.2, 0.25) is 5.02 Å². The monoisotopic (exact) mass is 286 g/mol. The molecule has 2 atom stereocenters. The van der Waals surface area contributed by atoms with E-state index < -0.39 is 0 Å². The molecule has 0 bridgehead atoms. The number of rotatable bonds is 4. The van der Waals surface area contributed by atoms with Gasteiger partial charge in [0.15, 0.2) is 0 Å². The van der Waals surface area contributed by atoms with E-state index in [9.17, 15) is 0 Å². The number of benzene rings is 1. The van der Waals surface area contributed by atoms with Crippen LogP contribution in [-0.2, 0) is 5.88 Å². The van der Waals surface area contributed by atoms with Gasteiger partial charge >= 0.3 is 0 Å². The van der Waals surface area contributed by atoms with Crippen LogP contribution in [0.5, 0.6) is 5.75 Å². The van der Waals surface area contributed by atoms with E-state index in [-0.39, 0.29) is 0 Å². The highest BCUT2D eigenvalue weighted by atomic mass is 35.5. The molecule has 0 amide bonds. The summed E-state index contributed by atoms with van der Waals surface area (Å²) in [6, 6.07) is 5.78. The summed E-state index contributed by atoms with van der Waals surface area (Å²) in [6.45, 7) is 2.24. The second kappa shape index (κ2) is 6.68. The van der Waals surface area contributed by atoms with Crippen molar-refractivity contribution in [2.24, 2.45) is 5.92 Å². The van der Waals surface area contributed by atoms with Crippen LogP contribution in [0.1, 0.15) is 44.6 Å². The van der Waals surface area contributed by atoms with Crippen molar-refractivity contribution in [3.05, 3.63) is 28.8 Å². The predicted octanol–water partition coefficient (Wildman–Crippen LogP) is 5.43. The third kappa shape index (κ3) is 3.13. The fraction of sp³-hybridized carbons (Fsp3) is 0.600. The highest BCUT2D eigenvalue weighted by Crippen LogP contribution is 2.35. The van der Waals surface area contributed by atoms with Gasteiger partial charge in [-0.15, -0.1) is 11.6 Å². The van der Waals surface area contributed by atoms with E-state index in [1.165, 1.54) is 25.7 Å². The standard InChI is InChI=1S/C15H20Cl2O/c1-2-11-6-3-4-9-14(11)18-15-12(10-16)7-5-8-13(15)17/h5,7-8,11,14H,2-4,6,9-10H2,1H3. The molecule has 1 nitrogen and oxygen atoms in total. The van der Waals surface area contributed by atoms with Gasteiger partial charge in [0, 0.05) is 5.56 Å². The van der Waals surface area contributed by atoms with Crippen molar-refractivity contribution < 1.29 is 4.74 Å². The van der Waals surface area contributed by atoms with Crippen LogP contribution in [0.15, 0.2) is 18.2 Å². The van der Waals surface area contributed by atoms with Crippen molar-refractivity contribution in [3.8, 4) is 5.75 Å². The minimum atomic E-state index is 0.297. The van der Waals surface area contributed by atoms with Gasteiger partial charge in [-0.2, -0.15) is 0 Å². The highest BCUT2D eigenvalue weighted by Gasteiger charge is 2.26. The first-order chi connectivity index (χ1) is 8.76. The Hall–Kier alpha value is -0.400. The molecule has 2 rings (SSSR count). The first-order valence-electron chi connectivity index (χ1n) is 6.76. The van der Waals surface area contributed by atoms with Crippen molar-refractivity contribution in [2.75, 3.05) is 0 Å². The first kappa shape index (κ1) is 14.0. The zero-order valence-corrected chi connectivity index (χ0v) is 12.3. The van der Waals surface area contributed by atoms with Crippen molar-refractivity contribution in [1.82, 2.24) is 0 Å². The summed E-state index contributed by atoms with van der Waals surface area (Å²) in [5.41, 5.74) is 0.990. The van der Waals surface area contributed by atoms with Gasteiger partial charge in [0.05, 0.1) is 10.9 Å². The maximum absolute atomic E-state index is 6.23. The predicted molar refractivity (Wildman–Crippen MR) is 77.7 cm³/mol. The third-order valence-corrected chi connectivity index (χ3v) is 4.41. The average molecular weight is 287 g/mol. The van der Waals surface area contributed by atoms with Crippen LogP contribution >= 0.6 is 23.2 Å². The Morgan fingerprint density at radius 2 is 2.06 bits per heavy atom. The quantitative estimate of drug-likeness (QED) is 0.671. The van der Waals surface area contributed by atoms with Gasteiger partial charge in [0.1, 0.15) is 11.9 Å². The van der Waals surface area contributed by atoms with Gasteiger partial charge in [0.2, 0.25) is 0 Å². The van der Waals surface area contributed by atoms with Crippen molar-refractivity contribution in [1.29, 1.82) is 0 Å². The number of alkyl halides is 1. The van der Waals surface area contributed by atoms with Gasteiger partial charge in [-0.05, 0) is 37.7 Å². The molecule has 0 saturated heterocycles. The number of hydrogen-bond acceptors (Lipinski definition) is 1. The van der Waals surface area contributed by atoms with E-state index in [1.54, 1.807) is 0 Å². The molecule has 0 heterocycles. The smallest absolute Gasteiger partial charge is 0.142 e. The molecule has 100 valence electrons. The lowest BCUT2D eigenvalue weighted by Crippen LogP contribution is -2.30. The van der Waals surface area contributed by atoms with Gasteiger partial charge in [-0.3, -0.25) is 0 Å². The van der Waals surface area contributed by atoms with Gasteiger partial charge in [0.25, 0.3) is 0 Å². The number of para-hydroxylation sites is 1. The molecule has 0 spiro atoms. The molecule has 0 N–H and O–H groups in total. The minimum absolute atomic E-state index is 0.297. The van der Waals surface area contributed by atoms with Crippen LogP contribution in [0.25, 0.3) is 0 Å². The molecule has 1 aliphatic rings. The van der Waals surface area contributed by atoms with E-state index in [0.29, 0.717) is 22.9 Å². The molecule has 1 aliphatic carbocycles. The topological polar surface area (TPSA) is 9.23 Å². The molecule has 0 aromatic heterocycles. The van der Waals surface area contributed by atoms with Crippen LogP contribution in [-0.4, -0.2) is 6.10 Å². The highest BCUT2D eigenvalue weighted by molar-refractivity contribution is 6.32. The van der Waals surface area contributed by atoms with Gasteiger partial charge in [-0.25, -0.2) is 0 Å². The molecule has 1 aromatic carbocycles. The molecule has 2 unspecified atom stereocenters. The van der Waals surface area contributed by atoms with E-state index in [1.807, 2.05) is 18.2 Å². The van der Waals surface area contributed by atoms with E-state index in [2.05, 4.69) is 6.92 Å². The summed E-state index contributed by atoms with van der Waals surface area (Å²) in [5, 5.41) is 0.675. The average Bonchev–Trinajstić information content (AvgIpc) is 2.41. The molecule has 3 heteroatoms. The lowest BCUT2D eigenvalue weighted by atomic mass is 9.84. The molecule has 1 aromatic rings. The van der Waals surface area contributed by atoms with Gasteiger partial charge < -0.3 is 4.74 Å². The Bertz CT molecular complexity index is 392. The Labute approximate surface area is 119 Å². The van der Waals surface area contributed by atoms with Crippen LogP contribution in [0.4, 0.5) is 0 Å². The van der Waals surface area contributed by atoms with Crippen LogP contribution in [0.3, 0.4) is 0 Å². The zero-order chi connectivity index (χ0) is 13.0. The van der Waals surface area contributed by atoms with Crippen molar-refractivity contribution in [3.63, 3.8) is 0 Å². The Morgan fingerprint density at radius 3 is 2.78 bits per heavy atom. The third-order valence-electron chi connectivity index (χ3n) is 3.83. The summed E-state index contributed by atoms with van der Waals surface area (Å²) < 4.78 is 6.20. The molecule has 0 radical (unpaired) electrons. The minimum Gasteiger partial charge on any atom is -0.488 e. The number of hydrogen-bond donors (Lipinski definition) is 0. The lowest BCUT2D eigenvalue weighted by Gasteiger charge is -2.32. The summed E-state index contributed by atoms with van der Waals surface area (Å²) in [7, 11) is 0. The maximum atomic E-state index is 6.23. The van der Waals surface area contributed by atoms with Gasteiger partial charge in [-0.1, -0.05) is 37.1 Å². The lowest BCUT2D eigenvalue weighted by molar-refractivity contribution is 0.0897. The normalized spacial score (nSPS) is 23.9. The van der Waals surface area contributed by atoms with E-state index >= 15 is 0 Å². The number of halogens is 2. The van der Waals surface area contributed by atoms with E-state index in [4.69, 9.17) is 27.9 Å². The molecular formula is C15H20Cl2O. The van der Waals surface area contributed by atoms with Crippen molar-refractivity contribution in [2.45, 2.75) is 51.0 Å².